The van der Waals surface area contributed by atoms with Crippen LogP contribution < -0.4 is 5.32 Å². The molecule has 15 heavy (non-hydrogen) atoms. The van der Waals surface area contributed by atoms with Crippen LogP contribution in [0.1, 0.15) is 4.88 Å². The molecule has 1 N–H and O–H groups in total. The number of aromatic nitrogens is 1. The number of nitriles is 1. The van der Waals surface area contributed by atoms with Gasteiger partial charge in [0.1, 0.15) is 10.9 Å². The molecule has 0 unspecified atom stereocenters. The summed E-state index contributed by atoms with van der Waals surface area (Å²) < 4.78 is 0. The van der Waals surface area contributed by atoms with Crippen LogP contribution in [0.25, 0.3) is 0 Å². The van der Waals surface area contributed by atoms with Crippen LogP contribution >= 0.6 is 22.9 Å². The Morgan fingerprint density at radius 1 is 1.33 bits per heavy atom. The molecule has 0 aliphatic carbocycles. The first kappa shape index (κ1) is 9.97. The normalized spacial score (nSPS) is 9.60. The molecular weight excluding hydrogens is 230 g/mol. The van der Waals surface area contributed by atoms with Crippen molar-refractivity contribution in [1.29, 1.82) is 5.26 Å². The van der Waals surface area contributed by atoms with E-state index in [1.165, 1.54) is 11.3 Å². The van der Waals surface area contributed by atoms with Gasteiger partial charge in [-0.3, -0.25) is 0 Å². The number of nitrogens with zero attached hydrogens (tertiary/aromatic N) is 2. The molecule has 0 bridgehead atoms. The second-order valence-corrected chi connectivity index (χ2v) is 4.24. The molecule has 0 amide bonds. The maximum Gasteiger partial charge on any atom is 0.188 e. The highest BCUT2D eigenvalue weighted by Gasteiger charge is 2.00. The van der Waals surface area contributed by atoms with Gasteiger partial charge in [-0.1, -0.05) is 22.9 Å². The van der Waals surface area contributed by atoms with Gasteiger partial charge in [0.2, 0.25) is 0 Å². The molecule has 3 nitrogen and oxygen atoms in total. The maximum absolute atomic E-state index is 8.63. The van der Waals surface area contributed by atoms with Crippen molar-refractivity contribution in [3.8, 4) is 6.07 Å². The second kappa shape index (κ2) is 4.30. The Bertz CT molecular complexity index is 498. The van der Waals surface area contributed by atoms with E-state index >= 15 is 0 Å². The van der Waals surface area contributed by atoms with Crippen LogP contribution in [-0.4, -0.2) is 4.98 Å². The van der Waals surface area contributed by atoms with Crippen LogP contribution in [0.5, 0.6) is 0 Å². The highest BCUT2D eigenvalue weighted by molar-refractivity contribution is 7.16. The van der Waals surface area contributed by atoms with Crippen molar-refractivity contribution in [3.63, 3.8) is 0 Å². The van der Waals surface area contributed by atoms with Gasteiger partial charge in [0.05, 0.1) is 6.20 Å². The van der Waals surface area contributed by atoms with E-state index < -0.39 is 0 Å². The van der Waals surface area contributed by atoms with E-state index in [1.54, 1.807) is 18.3 Å². The molecule has 0 radical (unpaired) electrons. The van der Waals surface area contributed by atoms with Gasteiger partial charge in [-0.2, -0.15) is 5.26 Å². The second-order valence-electron chi connectivity index (χ2n) is 2.77. The molecular formula is C10H6ClN3S. The monoisotopic (exact) mass is 235 g/mol. The van der Waals surface area contributed by atoms with Crippen LogP contribution in [0.15, 0.2) is 30.5 Å². The number of hydrogen-bond acceptors (Lipinski definition) is 4. The Morgan fingerprint density at radius 3 is 2.67 bits per heavy atom. The number of anilines is 2. The van der Waals surface area contributed by atoms with Gasteiger partial charge in [0, 0.05) is 10.7 Å². The largest absolute Gasteiger partial charge is 0.332 e. The lowest BCUT2D eigenvalue weighted by Crippen LogP contribution is -1.87. The summed E-state index contributed by atoms with van der Waals surface area (Å²) in [6.45, 7) is 0. The van der Waals surface area contributed by atoms with E-state index in [1.807, 2.05) is 18.2 Å². The standard InChI is InChI=1S/C10H6ClN3S/c11-7-1-3-8(4-2-7)14-10-13-6-9(5-12)15-10/h1-4,6H,(H,13,14). The predicted molar refractivity (Wildman–Crippen MR) is 61.6 cm³/mol. The molecule has 1 aromatic carbocycles. The minimum absolute atomic E-state index is 0.589. The lowest BCUT2D eigenvalue weighted by Gasteiger charge is -2.01. The lowest BCUT2D eigenvalue weighted by atomic mass is 10.3. The predicted octanol–water partition coefficient (Wildman–Crippen LogP) is 3.41. The van der Waals surface area contributed by atoms with Gasteiger partial charge in [-0.25, -0.2) is 4.98 Å². The Kier molecular flexibility index (Phi) is 2.86. The number of rotatable bonds is 2. The zero-order chi connectivity index (χ0) is 10.7. The number of hydrogen-bond donors (Lipinski definition) is 1. The number of benzene rings is 1. The minimum atomic E-state index is 0.589. The average molecular weight is 236 g/mol. The quantitative estimate of drug-likeness (QED) is 0.868. The molecule has 0 atom stereocenters. The molecule has 0 spiro atoms. The molecule has 0 saturated heterocycles. The molecule has 74 valence electrons. The molecule has 1 aromatic heterocycles. The van der Waals surface area contributed by atoms with Crippen molar-refractivity contribution >= 4 is 33.8 Å². The average Bonchev–Trinajstić information content (AvgIpc) is 2.69. The molecule has 0 aliphatic heterocycles. The fraction of sp³-hybridized carbons (Fsp3) is 0. The summed E-state index contributed by atoms with van der Waals surface area (Å²) in [6, 6.07) is 9.34. The fourth-order valence-electron chi connectivity index (χ4n) is 1.04. The van der Waals surface area contributed by atoms with E-state index in [-0.39, 0.29) is 0 Å². The Balaban J connectivity index is 2.15. The molecule has 2 rings (SSSR count). The summed E-state index contributed by atoms with van der Waals surface area (Å²) in [5, 5.41) is 13.1. The third-order valence-corrected chi connectivity index (χ3v) is 2.78. The zero-order valence-corrected chi connectivity index (χ0v) is 9.14. The third-order valence-electron chi connectivity index (χ3n) is 1.71. The molecule has 0 aliphatic rings. The summed E-state index contributed by atoms with van der Waals surface area (Å²) in [4.78, 5) is 4.65. The van der Waals surface area contributed by atoms with Crippen LogP contribution in [0, 0.1) is 11.3 Å². The maximum atomic E-state index is 8.63. The molecule has 2 aromatic rings. The summed E-state index contributed by atoms with van der Waals surface area (Å²) >= 11 is 7.07. The summed E-state index contributed by atoms with van der Waals surface area (Å²) in [5.41, 5.74) is 0.901. The summed E-state index contributed by atoms with van der Waals surface area (Å²) in [7, 11) is 0. The van der Waals surface area contributed by atoms with Crippen molar-refractivity contribution in [2.24, 2.45) is 0 Å². The number of thiazole rings is 1. The van der Waals surface area contributed by atoms with E-state index in [2.05, 4.69) is 10.3 Å². The minimum Gasteiger partial charge on any atom is -0.332 e. The highest BCUT2D eigenvalue weighted by atomic mass is 35.5. The zero-order valence-electron chi connectivity index (χ0n) is 7.57. The fourth-order valence-corrected chi connectivity index (χ4v) is 1.80. The van der Waals surface area contributed by atoms with Gasteiger partial charge in [-0.05, 0) is 24.3 Å². The van der Waals surface area contributed by atoms with Crippen molar-refractivity contribution in [1.82, 2.24) is 4.98 Å². The van der Waals surface area contributed by atoms with E-state index in [0.717, 1.165) is 5.69 Å². The van der Waals surface area contributed by atoms with Crippen LogP contribution in [0.3, 0.4) is 0 Å². The van der Waals surface area contributed by atoms with Crippen molar-refractivity contribution in [2.75, 3.05) is 5.32 Å². The number of halogens is 1. The number of nitrogens with one attached hydrogen (secondary N) is 1. The van der Waals surface area contributed by atoms with Gasteiger partial charge < -0.3 is 5.32 Å². The van der Waals surface area contributed by atoms with E-state index in [4.69, 9.17) is 16.9 Å². The van der Waals surface area contributed by atoms with Crippen molar-refractivity contribution in [3.05, 3.63) is 40.4 Å². The Labute approximate surface area is 96.0 Å². The third kappa shape index (κ3) is 2.46. The Morgan fingerprint density at radius 2 is 2.07 bits per heavy atom. The summed E-state index contributed by atoms with van der Waals surface area (Å²) in [5.74, 6) is 0. The molecule has 5 heteroatoms. The SMILES string of the molecule is N#Cc1cnc(Nc2ccc(Cl)cc2)s1. The first-order chi connectivity index (χ1) is 7.28. The first-order valence-electron chi connectivity index (χ1n) is 4.16. The molecule has 0 saturated carbocycles. The smallest absolute Gasteiger partial charge is 0.188 e. The lowest BCUT2D eigenvalue weighted by molar-refractivity contribution is 1.38. The van der Waals surface area contributed by atoms with Crippen LogP contribution in [-0.2, 0) is 0 Å². The van der Waals surface area contributed by atoms with Gasteiger partial charge in [-0.15, -0.1) is 0 Å². The first-order valence-corrected chi connectivity index (χ1v) is 5.36. The van der Waals surface area contributed by atoms with Crippen molar-refractivity contribution < 1.29 is 0 Å². The van der Waals surface area contributed by atoms with E-state index in [0.29, 0.717) is 15.0 Å². The molecule has 0 fully saturated rings. The summed E-state index contributed by atoms with van der Waals surface area (Å²) in [6.07, 6.45) is 1.54. The van der Waals surface area contributed by atoms with E-state index in [9.17, 15) is 0 Å². The van der Waals surface area contributed by atoms with Crippen LogP contribution in [0.4, 0.5) is 10.8 Å². The van der Waals surface area contributed by atoms with Gasteiger partial charge >= 0.3 is 0 Å². The van der Waals surface area contributed by atoms with Gasteiger partial charge in [0.25, 0.3) is 0 Å². The van der Waals surface area contributed by atoms with Crippen molar-refractivity contribution in [2.45, 2.75) is 0 Å². The van der Waals surface area contributed by atoms with Gasteiger partial charge in [0.15, 0.2) is 5.13 Å². The Hall–Kier alpha value is -1.57. The highest BCUT2D eigenvalue weighted by Crippen LogP contribution is 2.22. The van der Waals surface area contributed by atoms with Crippen LogP contribution in [0.2, 0.25) is 5.02 Å². The topological polar surface area (TPSA) is 48.7 Å². The molecule has 1 heterocycles.